The van der Waals surface area contributed by atoms with Crippen molar-refractivity contribution in [3.63, 3.8) is 0 Å². The van der Waals surface area contributed by atoms with Gasteiger partial charge >= 0.3 is 0 Å². The lowest BCUT2D eigenvalue weighted by atomic mass is 10.2. The molecular formula is C25H27N3O5S. The van der Waals surface area contributed by atoms with Gasteiger partial charge in [0, 0.05) is 0 Å². The minimum Gasteiger partial charge on any atom is -0.495 e. The molecule has 0 atom stereocenters. The Morgan fingerprint density at radius 3 is 2.35 bits per heavy atom. The van der Waals surface area contributed by atoms with E-state index >= 15 is 0 Å². The van der Waals surface area contributed by atoms with Gasteiger partial charge in [-0.2, -0.15) is 5.10 Å². The quantitative estimate of drug-likeness (QED) is 0.351. The van der Waals surface area contributed by atoms with Crippen LogP contribution < -0.4 is 19.2 Å². The molecule has 3 aromatic carbocycles. The lowest BCUT2D eigenvalue weighted by Gasteiger charge is -2.25. The highest BCUT2D eigenvalue weighted by atomic mass is 32.2. The van der Waals surface area contributed by atoms with E-state index in [2.05, 4.69) is 10.5 Å². The second-order valence-electron chi connectivity index (χ2n) is 7.29. The molecule has 0 aliphatic heterocycles. The highest BCUT2D eigenvalue weighted by Gasteiger charge is 2.29. The molecule has 0 heterocycles. The van der Waals surface area contributed by atoms with Gasteiger partial charge < -0.3 is 9.47 Å². The number of hydrogen-bond donors (Lipinski definition) is 1. The second-order valence-corrected chi connectivity index (χ2v) is 9.15. The van der Waals surface area contributed by atoms with Crippen LogP contribution in [0.5, 0.6) is 11.5 Å². The van der Waals surface area contributed by atoms with Crippen LogP contribution in [0.4, 0.5) is 5.69 Å². The maximum atomic E-state index is 13.5. The standard InChI is InChI=1S/C25H27N3O5S/c1-4-33-21-13-11-20(12-14-21)17-26-27-25(29)18-28(23-7-5-6-8-24(23)32-3)34(30,31)22-15-9-19(2)10-16-22/h5-17H,4,18H2,1-3H3,(H,27,29)/b26-17-. The molecule has 3 rings (SSSR count). The van der Waals surface area contributed by atoms with E-state index in [0.29, 0.717) is 12.4 Å². The van der Waals surface area contributed by atoms with Crippen molar-refractivity contribution in [2.75, 3.05) is 24.6 Å². The molecule has 0 aliphatic rings. The van der Waals surface area contributed by atoms with Gasteiger partial charge in [0.25, 0.3) is 15.9 Å². The third-order valence-corrected chi connectivity index (χ3v) is 6.62. The summed E-state index contributed by atoms with van der Waals surface area (Å²) in [4.78, 5) is 12.8. The topological polar surface area (TPSA) is 97.3 Å². The highest BCUT2D eigenvalue weighted by molar-refractivity contribution is 7.92. The number of ether oxygens (including phenoxy) is 2. The first-order chi connectivity index (χ1) is 16.3. The highest BCUT2D eigenvalue weighted by Crippen LogP contribution is 2.32. The van der Waals surface area contributed by atoms with Gasteiger partial charge in [0.2, 0.25) is 0 Å². The lowest BCUT2D eigenvalue weighted by Crippen LogP contribution is -2.39. The molecule has 1 amide bonds. The predicted molar refractivity (Wildman–Crippen MR) is 132 cm³/mol. The summed E-state index contributed by atoms with van der Waals surface area (Å²) >= 11 is 0. The molecule has 0 saturated heterocycles. The Morgan fingerprint density at radius 1 is 1.03 bits per heavy atom. The normalized spacial score (nSPS) is 11.3. The van der Waals surface area contributed by atoms with Gasteiger partial charge in [-0.25, -0.2) is 13.8 Å². The smallest absolute Gasteiger partial charge is 0.264 e. The van der Waals surface area contributed by atoms with Gasteiger partial charge in [0.1, 0.15) is 18.0 Å². The van der Waals surface area contributed by atoms with Crippen LogP contribution in [0.2, 0.25) is 0 Å². The summed E-state index contributed by atoms with van der Waals surface area (Å²) in [6, 6.07) is 20.2. The van der Waals surface area contributed by atoms with Gasteiger partial charge in [0.15, 0.2) is 0 Å². The molecule has 3 aromatic rings. The minimum absolute atomic E-state index is 0.0645. The van der Waals surface area contributed by atoms with E-state index in [-0.39, 0.29) is 10.6 Å². The number of anilines is 1. The molecule has 0 fully saturated rings. The van der Waals surface area contributed by atoms with Crippen molar-refractivity contribution in [1.29, 1.82) is 0 Å². The Balaban J connectivity index is 1.82. The molecule has 0 radical (unpaired) electrons. The SMILES string of the molecule is CCOc1ccc(/C=N\NC(=O)CN(c2ccccc2OC)S(=O)(=O)c2ccc(C)cc2)cc1. The molecule has 0 saturated carbocycles. The van der Waals surface area contributed by atoms with E-state index in [1.165, 1.54) is 25.5 Å². The van der Waals surface area contributed by atoms with Crippen molar-refractivity contribution in [1.82, 2.24) is 5.43 Å². The van der Waals surface area contributed by atoms with Crippen molar-refractivity contribution >= 4 is 27.8 Å². The van der Waals surface area contributed by atoms with Gasteiger partial charge in [-0.15, -0.1) is 0 Å². The number of aryl methyl sites for hydroxylation is 1. The number of hydrazone groups is 1. The number of hydrogen-bond acceptors (Lipinski definition) is 6. The summed E-state index contributed by atoms with van der Waals surface area (Å²) < 4.78 is 38.7. The number of rotatable bonds is 10. The number of amides is 1. The number of nitrogens with zero attached hydrogens (tertiary/aromatic N) is 2. The zero-order chi connectivity index (χ0) is 24.6. The van der Waals surface area contributed by atoms with Crippen molar-refractivity contribution in [2.45, 2.75) is 18.7 Å². The fourth-order valence-corrected chi connectivity index (χ4v) is 4.57. The molecule has 0 aromatic heterocycles. The molecule has 0 spiro atoms. The summed E-state index contributed by atoms with van der Waals surface area (Å²) in [7, 11) is -2.62. The largest absolute Gasteiger partial charge is 0.495 e. The Hall–Kier alpha value is -3.85. The number of benzene rings is 3. The zero-order valence-electron chi connectivity index (χ0n) is 19.3. The summed E-state index contributed by atoms with van der Waals surface area (Å²) in [6.45, 7) is 3.84. The van der Waals surface area contributed by atoms with Crippen molar-refractivity contribution in [3.05, 3.63) is 83.9 Å². The number of carbonyl (C=O) groups excluding carboxylic acids is 1. The molecule has 0 bridgehead atoms. The fourth-order valence-electron chi connectivity index (χ4n) is 3.13. The Labute approximate surface area is 199 Å². The molecule has 1 N–H and O–H groups in total. The molecule has 0 aliphatic carbocycles. The fraction of sp³-hybridized carbons (Fsp3) is 0.200. The number of methoxy groups -OCH3 is 1. The van der Waals surface area contributed by atoms with E-state index < -0.39 is 22.5 Å². The molecule has 8 nitrogen and oxygen atoms in total. The third kappa shape index (κ3) is 6.14. The van der Waals surface area contributed by atoms with Crippen molar-refractivity contribution in [3.8, 4) is 11.5 Å². The first-order valence-corrected chi connectivity index (χ1v) is 12.1. The maximum absolute atomic E-state index is 13.5. The molecular weight excluding hydrogens is 454 g/mol. The Bertz CT molecular complexity index is 1240. The maximum Gasteiger partial charge on any atom is 0.264 e. The summed E-state index contributed by atoms with van der Waals surface area (Å²) in [6.07, 6.45) is 1.47. The Morgan fingerprint density at radius 2 is 1.71 bits per heavy atom. The number of nitrogens with one attached hydrogen (secondary N) is 1. The van der Waals surface area contributed by atoms with E-state index in [4.69, 9.17) is 9.47 Å². The van der Waals surface area contributed by atoms with Crippen LogP contribution in [0.25, 0.3) is 0 Å². The second kappa shape index (κ2) is 11.3. The average molecular weight is 482 g/mol. The van der Waals surface area contributed by atoms with Crippen LogP contribution in [0.3, 0.4) is 0 Å². The minimum atomic E-state index is -4.06. The number of para-hydroxylation sites is 2. The summed E-state index contributed by atoms with van der Waals surface area (Å²) in [5.41, 5.74) is 4.31. The van der Waals surface area contributed by atoms with Crippen molar-refractivity contribution in [2.24, 2.45) is 5.10 Å². The molecule has 0 unspecified atom stereocenters. The van der Waals surface area contributed by atoms with Crippen LogP contribution in [0.15, 0.2) is 82.8 Å². The lowest BCUT2D eigenvalue weighted by molar-refractivity contribution is -0.119. The van der Waals surface area contributed by atoms with E-state index in [9.17, 15) is 13.2 Å². The number of sulfonamides is 1. The van der Waals surface area contributed by atoms with Crippen LogP contribution in [0, 0.1) is 6.92 Å². The molecule has 34 heavy (non-hydrogen) atoms. The van der Waals surface area contributed by atoms with Gasteiger partial charge in [-0.05, 0) is 67.9 Å². The van der Waals surface area contributed by atoms with Crippen LogP contribution in [-0.2, 0) is 14.8 Å². The summed E-state index contributed by atoms with van der Waals surface area (Å²) in [5, 5.41) is 3.95. The average Bonchev–Trinajstić information content (AvgIpc) is 2.84. The van der Waals surface area contributed by atoms with Gasteiger partial charge in [-0.3, -0.25) is 9.10 Å². The zero-order valence-corrected chi connectivity index (χ0v) is 20.1. The Kier molecular flexibility index (Phi) is 8.26. The monoisotopic (exact) mass is 481 g/mol. The molecule has 9 heteroatoms. The number of carbonyl (C=O) groups is 1. The van der Waals surface area contributed by atoms with E-state index in [1.807, 2.05) is 13.8 Å². The first kappa shape index (κ1) is 24.8. The van der Waals surface area contributed by atoms with Gasteiger partial charge in [0.05, 0.1) is 30.5 Å². The van der Waals surface area contributed by atoms with Crippen LogP contribution >= 0.6 is 0 Å². The van der Waals surface area contributed by atoms with E-state index in [0.717, 1.165) is 21.2 Å². The van der Waals surface area contributed by atoms with Gasteiger partial charge in [-0.1, -0.05) is 29.8 Å². The first-order valence-electron chi connectivity index (χ1n) is 10.6. The molecule has 178 valence electrons. The summed E-state index contributed by atoms with van der Waals surface area (Å²) in [5.74, 6) is 0.449. The van der Waals surface area contributed by atoms with E-state index in [1.54, 1.807) is 60.7 Å². The van der Waals surface area contributed by atoms with Crippen LogP contribution in [0.1, 0.15) is 18.1 Å². The van der Waals surface area contributed by atoms with Crippen LogP contribution in [-0.4, -0.2) is 40.8 Å². The predicted octanol–water partition coefficient (Wildman–Crippen LogP) is 3.75. The third-order valence-electron chi connectivity index (χ3n) is 4.84. The van der Waals surface area contributed by atoms with Crippen molar-refractivity contribution < 1.29 is 22.7 Å².